The largest absolute Gasteiger partial charge is 0.385 e. The van der Waals surface area contributed by atoms with Crippen LogP contribution >= 0.6 is 12.4 Å². The van der Waals surface area contributed by atoms with Crippen molar-refractivity contribution >= 4 is 47.0 Å². The van der Waals surface area contributed by atoms with Crippen molar-refractivity contribution < 1.29 is 9.59 Å². The van der Waals surface area contributed by atoms with Crippen LogP contribution in [0.1, 0.15) is 52.0 Å². The second-order valence-corrected chi connectivity index (χ2v) is 9.40. The van der Waals surface area contributed by atoms with E-state index in [1.807, 2.05) is 60.7 Å². The van der Waals surface area contributed by atoms with E-state index >= 15 is 0 Å². The van der Waals surface area contributed by atoms with Gasteiger partial charge in [-0.2, -0.15) is 0 Å². The van der Waals surface area contributed by atoms with E-state index in [2.05, 4.69) is 26.2 Å². The molecule has 0 spiro atoms. The van der Waals surface area contributed by atoms with Gasteiger partial charge in [-0.1, -0.05) is 24.6 Å². The van der Waals surface area contributed by atoms with Crippen molar-refractivity contribution in [3.8, 4) is 0 Å². The van der Waals surface area contributed by atoms with Crippen LogP contribution in [0, 0.1) is 0 Å². The van der Waals surface area contributed by atoms with Crippen molar-refractivity contribution in [2.24, 2.45) is 0 Å². The molecule has 3 aromatic carbocycles. The predicted octanol–water partition coefficient (Wildman–Crippen LogP) is 5.64. The van der Waals surface area contributed by atoms with E-state index < -0.39 is 0 Å². The van der Waals surface area contributed by atoms with Gasteiger partial charge in [0, 0.05) is 41.3 Å². The van der Waals surface area contributed by atoms with Crippen molar-refractivity contribution in [1.82, 2.24) is 10.2 Å². The van der Waals surface area contributed by atoms with Crippen LogP contribution < -0.4 is 21.3 Å². The van der Waals surface area contributed by atoms with Gasteiger partial charge in [-0.3, -0.25) is 9.59 Å². The lowest BCUT2D eigenvalue weighted by Gasteiger charge is -2.26. The van der Waals surface area contributed by atoms with E-state index in [0.29, 0.717) is 23.4 Å². The second kappa shape index (κ2) is 12.6. The fourth-order valence-electron chi connectivity index (χ4n) is 4.90. The number of benzene rings is 3. The third-order valence-electron chi connectivity index (χ3n) is 6.84. The number of carbonyl (C=O) groups is 2. The zero-order chi connectivity index (χ0) is 24.7. The molecular weight excluding hydrogens is 486 g/mol. The minimum atomic E-state index is -0.239. The maximum atomic E-state index is 13.0. The fraction of sp³-hybridized carbons (Fsp3) is 0.310. The minimum absolute atomic E-state index is 0. The first-order chi connectivity index (χ1) is 17.7. The van der Waals surface area contributed by atoms with Crippen LogP contribution in [0.2, 0.25) is 0 Å². The maximum Gasteiger partial charge on any atom is 0.255 e. The van der Waals surface area contributed by atoms with Crippen LogP contribution in [-0.2, 0) is 6.54 Å². The molecule has 194 valence electrons. The third kappa shape index (κ3) is 6.61. The predicted molar refractivity (Wildman–Crippen MR) is 152 cm³/mol. The van der Waals surface area contributed by atoms with Gasteiger partial charge in [0.25, 0.3) is 11.8 Å². The van der Waals surface area contributed by atoms with Crippen molar-refractivity contribution in [3.05, 3.63) is 83.4 Å². The molecule has 2 aliphatic rings. The Morgan fingerprint density at radius 3 is 2.35 bits per heavy atom. The van der Waals surface area contributed by atoms with Crippen LogP contribution in [0.15, 0.2) is 66.7 Å². The van der Waals surface area contributed by atoms with Gasteiger partial charge in [-0.15, -0.1) is 12.4 Å². The van der Waals surface area contributed by atoms with Gasteiger partial charge in [0.05, 0.1) is 11.3 Å². The van der Waals surface area contributed by atoms with Crippen molar-refractivity contribution in [2.45, 2.75) is 32.2 Å². The highest BCUT2D eigenvalue weighted by molar-refractivity contribution is 6.11. The number of nitrogens with one attached hydrogen (secondary N) is 4. The molecule has 2 heterocycles. The first kappa shape index (κ1) is 26.5. The van der Waals surface area contributed by atoms with Gasteiger partial charge in [0.1, 0.15) is 0 Å². The van der Waals surface area contributed by atoms with E-state index in [0.717, 1.165) is 42.1 Å². The Balaban J connectivity index is 0.00000320. The molecule has 0 saturated carbocycles. The van der Waals surface area contributed by atoms with Gasteiger partial charge >= 0.3 is 0 Å². The molecular formula is C29H34ClN5O2. The highest BCUT2D eigenvalue weighted by Gasteiger charge is 2.26. The molecule has 3 aromatic rings. The number of rotatable bonds is 9. The minimum Gasteiger partial charge on any atom is -0.385 e. The number of fused-ring (bicyclic) bond motifs is 1. The summed E-state index contributed by atoms with van der Waals surface area (Å²) in [6, 6.07) is 21.0. The van der Waals surface area contributed by atoms with Gasteiger partial charge in [0.15, 0.2) is 0 Å². The standard InChI is InChI=1S/C29H33N5O2.ClH/c35-28(21-10-12-22(13-11-21)30-16-7-19-34-17-5-2-6-18-34)33-26-15-14-25(24-20-31-29(36)27(24)26)32-23-8-3-1-4-9-23;/h1,3-4,8-15,30,32H,2,5-7,16-20H2,(H,31,36)(H,33,35);1H. The quantitative estimate of drug-likeness (QED) is 0.275. The Morgan fingerprint density at radius 1 is 0.865 bits per heavy atom. The van der Waals surface area contributed by atoms with Crippen LogP contribution in [0.4, 0.5) is 22.7 Å². The first-order valence-corrected chi connectivity index (χ1v) is 12.8. The number of nitrogens with zero attached hydrogens (tertiary/aromatic N) is 1. The molecule has 2 aliphatic heterocycles. The number of carbonyl (C=O) groups excluding carboxylic acids is 2. The van der Waals surface area contributed by atoms with E-state index in [1.54, 1.807) is 6.07 Å². The van der Waals surface area contributed by atoms with Gasteiger partial charge < -0.3 is 26.2 Å². The number of hydrogen-bond acceptors (Lipinski definition) is 5. The summed E-state index contributed by atoms with van der Waals surface area (Å²) < 4.78 is 0. The second-order valence-electron chi connectivity index (χ2n) is 9.40. The topological polar surface area (TPSA) is 85.5 Å². The number of piperidine rings is 1. The van der Waals surface area contributed by atoms with Crippen molar-refractivity contribution in [1.29, 1.82) is 0 Å². The molecule has 7 nitrogen and oxygen atoms in total. The molecule has 1 fully saturated rings. The van der Waals surface area contributed by atoms with Gasteiger partial charge in [0.2, 0.25) is 0 Å². The van der Waals surface area contributed by atoms with Gasteiger partial charge in [-0.25, -0.2) is 0 Å². The number of anilines is 4. The van der Waals surface area contributed by atoms with Crippen LogP contribution in [0.3, 0.4) is 0 Å². The van der Waals surface area contributed by atoms with E-state index in [4.69, 9.17) is 0 Å². The molecule has 2 amide bonds. The zero-order valence-electron chi connectivity index (χ0n) is 20.9. The van der Waals surface area contributed by atoms with Crippen molar-refractivity contribution in [2.75, 3.05) is 42.1 Å². The normalized spacial score (nSPS) is 14.8. The van der Waals surface area contributed by atoms with E-state index in [-0.39, 0.29) is 24.2 Å². The molecule has 8 heteroatoms. The molecule has 0 radical (unpaired) electrons. The van der Waals surface area contributed by atoms with Crippen molar-refractivity contribution in [3.63, 3.8) is 0 Å². The third-order valence-corrected chi connectivity index (χ3v) is 6.84. The van der Waals surface area contributed by atoms with Crippen LogP contribution in [0.25, 0.3) is 0 Å². The lowest BCUT2D eigenvalue weighted by molar-refractivity contribution is 0.0966. The number of para-hydroxylation sites is 1. The summed E-state index contributed by atoms with van der Waals surface area (Å²) >= 11 is 0. The summed E-state index contributed by atoms with van der Waals surface area (Å²) in [7, 11) is 0. The lowest BCUT2D eigenvalue weighted by atomic mass is 10.0. The van der Waals surface area contributed by atoms with Crippen LogP contribution in [0.5, 0.6) is 0 Å². The summed E-state index contributed by atoms with van der Waals surface area (Å²) in [5.41, 5.74) is 5.22. The Kier molecular flexibility index (Phi) is 9.04. The monoisotopic (exact) mass is 519 g/mol. The highest BCUT2D eigenvalue weighted by atomic mass is 35.5. The number of halogens is 1. The molecule has 0 unspecified atom stereocenters. The summed E-state index contributed by atoms with van der Waals surface area (Å²) in [6.45, 7) is 4.91. The number of hydrogen-bond donors (Lipinski definition) is 4. The summed E-state index contributed by atoms with van der Waals surface area (Å²) in [4.78, 5) is 28.1. The molecule has 4 N–H and O–H groups in total. The molecule has 37 heavy (non-hydrogen) atoms. The number of likely N-dealkylation sites (tertiary alicyclic amines) is 1. The first-order valence-electron chi connectivity index (χ1n) is 12.8. The molecule has 0 atom stereocenters. The Labute approximate surface area is 224 Å². The molecule has 0 bridgehead atoms. The smallest absolute Gasteiger partial charge is 0.255 e. The Morgan fingerprint density at radius 2 is 1.59 bits per heavy atom. The fourth-order valence-corrected chi connectivity index (χ4v) is 4.90. The molecule has 0 aromatic heterocycles. The molecule has 1 saturated heterocycles. The Hall–Kier alpha value is -3.55. The SMILES string of the molecule is Cl.O=C(Nc1ccc(Nc2ccccc2)c2c1C(=O)NC2)c1ccc(NCCCN2CCCCC2)cc1. The lowest BCUT2D eigenvalue weighted by Crippen LogP contribution is -2.31. The Bertz CT molecular complexity index is 1210. The number of amides is 2. The van der Waals surface area contributed by atoms with Gasteiger partial charge in [-0.05, 0) is 87.4 Å². The highest BCUT2D eigenvalue weighted by Crippen LogP contribution is 2.33. The summed E-state index contributed by atoms with van der Waals surface area (Å²) in [5, 5.41) is 12.6. The average Bonchev–Trinajstić information content (AvgIpc) is 3.32. The van der Waals surface area contributed by atoms with E-state index in [1.165, 1.54) is 32.4 Å². The average molecular weight is 520 g/mol. The summed E-state index contributed by atoms with van der Waals surface area (Å²) in [6.07, 6.45) is 5.10. The van der Waals surface area contributed by atoms with Crippen LogP contribution in [-0.4, -0.2) is 42.9 Å². The molecule has 0 aliphatic carbocycles. The van der Waals surface area contributed by atoms with E-state index in [9.17, 15) is 9.59 Å². The zero-order valence-corrected chi connectivity index (χ0v) is 21.7. The molecule has 5 rings (SSSR count). The summed E-state index contributed by atoms with van der Waals surface area (Å²) in [5.74, 6) is -0.418. The maximum absolute atomic E-state index is 13.0.